The first-order chi connectivity index (χ1) is 24.3. The summed E-state index contributed by atoms with van der Waals surface area (Å²) in [5.74, 6) is -51.7. The maximum atomic E-state index is 14.9. The summed E-state index contributed by atoms with van der Waals surface area (Å²) in [6.45, 7) is 0. The van der Waals surface area contributed by atoms with Crippen LogP contribution in [0.5, 0.6) is 17.2 Å². The molecule has 270 valence electrons. The summed E-state index contributed by atoms with van der Waals surface area (Å²) in [4.78, 5) is 0. The van der Waals surface area contributed by atoms with Crippen molar-refractivity contribution < 1.29 is 93.0 Å². The molecule has 0 aromatic heterocycles. The molecule has 22 heteroatoms. The SMILES string of the molecule is Fc1cc(OB(Oc2cc(F)c(F)c3c(F)c(F)c(F)c(F)c23)Oc2cc(F)c(F)c3c(F)c(F)c(F)c(F)c23)c2c(F)c(F)c(F)c(F)c2c1F. The quantitative estimate of drug-likeness (QED) is 0.0732. The lowest BCUT2D eigenvalue weighted by molar-refractivity contribution is 0.306. The van der Waals surface area contributed by atoms with Crippen LogP contribution in [0.1, 0.15) is 0 Å². The van der Waals surface area contributed by atoms with Gasteiger partial charge < -0.3 is 14.0 Å². The van der Waals surface area contributed by atoms with Gasteiger partial charge in [0.1, 0.15) is 17.2 Å². The molecule has 0 spiro atoms. The van der Waals surface area contributed by atoms with Crippen molar-refractivity contribution in [3.8, 4) is 17.2 Å². The minimum Gasteiger partial charge on any atom is -0.489 e. The fourth-order valence-corrected chi connectivity index (χ4v) is 4.98. The van der Waals surface area contributed by atoms with Gasteiger partial charge in [0.05, 0.1) is 32.3 Å². The number of benzene rings is 6. The normalized spacial score (nSPS) is 11.7. The molecule has 0 aliphatic heterocycles. The van der Waals surface area contributed by atoms with E-state index in [2.05, 4.69) is 0 Å². The van der Waals surface area contributed by atoms with Gasteiger partial charge in [0.2, 0.25) is 0 Å². The smallest absolute Gasteiger partial charge is 0.489 e. The zero-order valence-electron chi connectivity index (χ0n) is 23.8. The number of halogens is 18. The van der Waals surface area contributed by atoms with Gasteiger partial charge in [-0.1, -0.05) is 0 Å². The maximum absolute atomic E-state index is 14.9. The Labute approximate surface area is 273 Å². The molecule has 52 heavy (non-hydrogen) atoms. The third-order valence-corrected chi connectivity index (χ3v) is 7.27. The molecule has 0 atom stereocenters. The zero-order chi connectivity index (χ0) is 38.4. The largest absolute Gasteiger partial charge is 0.864 e. The van der Waals surface area contributed by atoms with Crippen LogP contribution in [0, 0.1) is 105 Å². The van der Waals surface area contributed by atoms with E-state index < -0.39 is 162 Å². The molecule has 0 bridgehead atoms. The highest BCUT2D eigenvalue weighted by atomic mass is 19.2. The van der Waals surface area contributed by atoms with Crippen molar-refractivity contribution in [3.05, 3.63) is 123 Å². The Kier molecular flexibility index (Phi) is 8.69. The molecule has 0 aliphatic carbocycles. The molecule has 0 saturated carbocycles. The van der Waals surface area contributed by atoms with Gasteiger partial charge >= 0.3 is 7.32 Å². The van der Waals surface area contributed by atoms with Gasteiger partial charge in [-0.25, -0.2) is 79.0 Å². The average Bonchev–Trinajstić information content (AvgIpc) is 3.10. The summed E-state index contributed by atoms with van der Waals surface area (Å²) in [7, 11) is -3.46. The Morgan fingerprint density at radius 2 is 0.442 bits per heavy atom. The maximum Gasteiger partial charge on any atom is 0.864 e. The first-order valence-corrected chi connectivity index (χ1v) is 13.2. The van der Waals surface area contributed by atoms with E-state index in [0.29, 0.717) is 0 Å². The number of hydrogen-bond acceptors (Lipinski definition) is 3. The molecule has 0 heterocycles. The molecule has 6 aromatic rings. The summed E-state index contributed by atoms with van der Waals surface area (Å²) in [5, 5.41) is -11.9. The zero-order valence-corrected chi connectivity index (χ0v) is 23.8. The minimum atomic E-state index is -3.46. The highest BCUT2D eigenvalue weighted by Crippen LogP contribution is 2.41. The van der Waals surface area contributed by atoms with E-state index in [1.54, 1.807) is 0 Å². The van der Waals surface area contributed by atoms with Gasteiger partial charge in [0.25, 0.3) is 0 Å². The van der Waals surface area contributed by atoms with Crippen molar-refractivity contribution >= 4 is 39.6 Å². The van der Waals surface area contributed by atoms with Crippen molar-refractivity contribution in [3.63, 3.8) is 0 Å². The van der Waals surface area contributed by atoms with Crippen LogP contribution in [-0.4, -0.2) is 7.32 Å². The van der Waals surface area contributed by atoms with Gasteiger partial charge in [0.15, 0.2) is 105 Å². The fraction of sp³-hybridized carbons (Fsp3) is 0. The lowest BCUT2D eigenvalue weighted by atomic mass is 10.0. The molecule has 3 nitrogen and oxygen atoms in total. The van der Waals surface area contributed by atoms with Gasteiger partial charge in [-0.15, -0.1) is 0 Å². The van der Waals surface area contributed by atoms with Crippen LogP contribution >= 0.6 is 0 Å². The van der Waals surface area contributed by atoms with Crippen molar-refractivity contribution in [2.45, 2.75) is 0 Å². The van der Waals surface area contributed by atoms with E-state index >= 15 is 0 Å². The van der Waals surface area contributed by atoms with E-state index in [1.807, 2.05) is 0 Å². The number of rotatable bonds is 6. The molecule has 6 aromatic carbocycles. The van der Waals surface area contributed by atoms with Gasteiger partial charge in [-0.2, -0.15) is 0 Å². The van der Waals surface area contributed by atoms with Crippen molar-refractivity contribution in [2.24, 2.45) is 0 Å². The van der Waals surface area contributed by atoms with Crippen molar-refractivity contribution in [1.82, 2.24) is 0 Å². The van der Waals surface area contributed by atoms with Gasteiger partial charge in [-0.3, -0.25) is 0 Å². The van der Waals surface area contributed by atoms with Gasteiger partial charge in [-0.05, 0) is 0 Å². The number of hydrogen-bond donors (Lipinski definition) is 0. The molecule has 0 N–H and O–H groups in total. The van der Waals surface area contributed by atoms with E-state index in [9.17, 15) is 79.0 Å². The Hall–Kier alpha value is -5.70. The van der Waals surface area contributed by atoms with Crippen LogP contribution in [0.25, 0.3) is 32.3 Å². The first-order valence-electron chi connectivity index (χ1n) is 13.2. The monoisotopic (exact) mass is 764 g/mol. The standard InChI is InChI=1S/C30H3BF18O3/c32-4-1-7(10-13(16(4)35)22(41)28(47)25(44)19(10)38)50-31(51-8-2-5(33)17(36)14-11(8)20(39)26(45)29(48)23(14)42)52-9-3-6(34)18(37)15-12(9)21(40)27(46)30(49)24(15)43/h1-3H. The van der Waals surface area contributed by atoms with E-state index in [1.165, 1.54) is 0 Å². The lowest BCUT2D eigenvalue weighted by Gasteiger charge is -2.21. The fourth-order valence-electron chi connectivity index (χ4n) is 4.98. The van der Waals surface area contributed by atoms with E-state index in [0.717, 1.165) is 0 Å². The molecule has 0 radical (unpaired) electrons. The number of fused-ring (bicyclic) bond motifs is 3. The van der Waals surface area contributed by atoms with Crippen LogP contribution < -0.4 is 14.0 Å². The van der Waals surface area contributed by atoms with Gasteiger partial charge in [0, 0.05) is 18.2 Å². The van der Waals surface area contributed by atoms with Crippen LogP contribution in [0.3, 0.4) is 0 Å². The second-order valence-corrected chi connectivity index (χ2v) is 10.2. The minimum absolute atomic E-state index is 0.325. The first kappa shape index (κ1) is 36.1. The Morgan fingerprint density at radius 1 is 0.250 bits per heavy atom. The van der Waals surface area contributed by atoms with Crippen LogP contribution in [0.4, 0.5) is 79.0 Å². The average molecular weight is 764 g/mol. The highest BCUT2D eigenvalue weighted by Gasteiger charge is 2.39. The second-order valence-electron chi connectivity index (χ2n) is 10.2. The molecule has 6 rings (SSSR count). The molecule has 0 fully saturated rings. The molecular formula is C30H3BF18O3. The van der Waals surface area contributed by atoms with E-state index in [-0.39, 0.29) is 18.2 Å². The second kappa shape index (κ2) is 12.5. The Morgan fingerprint density at radius 3 is 0.654 bits per heavy atom. The van der Waals surface area contributed by atoms with Crippen LogP contribution in [0.2, 0.25) is 0 Å². The van der Waals surface area contributed by atoms with E-state index in [4.69, 9.17) is 14.0 Å². The lowest BCUT2D eigenvalue weighted by Crippen LogP contribution is -2.37. The third kappa shape index (κ3) is 5.21. The molecule has 0 saturated heterocycles. The van der Waals surface area contributed by atoms with Crippen LogP contribution in [-0.2, 0) is 0 Å². The summed E-state index contributed by atoms with van der Waals surface area (Å²) < 4.78 is 275. The summed E-state index contributed by atoms with van der Waals surface area (Å²) in [5.41, 5.74) is 0. The Balaban J connectivity index is 1.66. The molecular weight excluding hydrogens is 761 g/mol. The van der Waals surface area contributed by atoms with Crippen LogP contribution in [0.15, 0.2) is 18.2 Å². The molecule has 0 unspecified atom stereocenters. The predicted molar refractivity (Wildman–Crippen MR) is 139 cm³/mol. The van der Waals surface area contributed by atoms with Crippen molar-refractivity contribution in [2.75, 3.05) is 0 Å². The van der Waals surface area contributed by atoms with Crippen molar-refractivity contribution in [1.29, 1.82) is 0 Å². The Bertz CT molecular complexity index is 2280. The predicted octanol–water partition coefficient (Wildman–Crippen LogP) is 10.2. The topological polar surface area (TPSA) is 27.7 Å². The summed E-state index contributed by atoms with van der Waals surface area (Å²) >= 11 is 0. The molecule has 0 amide bonds. The summed E-state index contributed by atoms with van der Waals surface area (Å²) in [6, 6.07) is -0.975. The third-order valence-electron chi connectivity index (χ3n) is 7.27. The summed E-state index contributed by atoms with van der Waals surface area (Å²) in [6.07, 6.45) is 0. The molecule has 0 aliphatic rings. The highest BCUT2D eigenvalue weighted by molar-refractivity contribution is 6.40.